The molecular weight excluding hydrogens is 401 g/mol. The van der Waals surface area contributed by atoms with Gasteiger partial charge in [0.1, 0.15) is 0 Å². The third-order valence-corrected chi connectivity index (χ3v) is 4.92. The van der Waals surface area contributed by atoms with Gasteiger partial charge in [-0.3, -0.25) is 24.7 Å². The second kappa shape index (κ2) is 9.23. The minimum absolute atomic E-state index is 0.0223. The van der Waals surface area contributed by atoms with Crippen LogP contribution in [0.5, 0.6) is 0 Å². The first-order valence-corrected chi connectivity index (χ1v) is 9.37. The molecule has 2 aromatic carbocycles. The second-order valence-electron chi connectivity index (χ2n) is 7.03. The fourth-order valence-corrected chi connectivity index (χ4v) is 3.40. The molecular formula is C20H21F3N4O3. The zero-order valence-electron chi connectivity index (χ0n) is 16.1. The van der Waals surface area contributed by atoms with Gasteiger partial charge in [-0.05, 0) is 12.1 Å². The van der Waals surface area contributed by atoms with Gasteiger partial charge in [0.05, 0.1) is 22.7 Å². The van der Waals surface area contributed by atoms with Crippen LogP contribution in [0.25, 0.3) is 0 Å². The van der Waals surface area contributed by atoms with Crippen LogP contribution in [0, 0.1) is 10.1 Å². The van der Waals surface area contributed by atoms with Crippen molar-refractivity contribution in [3.63, 3.8) is 0 Å². The van der Waals surface area contributed by atoms with Crippen molar-refractivity contribution >= 4 is 17.3 Å². The summed E-state index contributed by atoms with van der Waals surface area (Å²) in [6.07, 6.45) is -4.55. The Morgan fingerprint density at radius 1 is 1.00 bits per heavy atom. The number of para-hydroxylation sites is 2. The Labute approximate surface area is 171 Å². The minimum Gasteiger partial charge on any atom is -0.324 e. The lowest BCUT2D eigenvalue weighted by Crippen LogP contribution is -2.48. The number of amides is 1. The van der Waals surface area contributed by atoms with Gasteiger partial charge in [0.2, 0.25) is 5.91 Å². The number of piperazine rings is 1. The number of hydrogen-bond acceptors (Lipinski definition) is 5. The molecule has 10 heteroatoms. The molecule has 1 aliphatic rings. The molecule has 0 saturated carbocycles. The molecule has 30 heavy (non-hydrogen) atoms. The summed E-state index contributed by atoms with van der Waals surface area (Å²) in [7, 11) is 0. The van der Waals surface area contributed by atoms with Crippen LogP contribution >= 0.6 is 0 Å². The predicted molar refractivity (Wildman–Crippen MR) is 105 cm³/mol. The molecule has 0 aliphatic carbocycles. The highest BCUT2D eigenvalue weighted by Gasteiger charge is 2.33. The van der Waals surface area contributed by atoms with Crippen LogP contribution in [0.4, 0.5) is 24.5 Å². The summed E-state index contributed by atoms with van der Waals surface area (Å²) in [6.45, 7) is 2.67. The van der Waals surface area contributed by atoms with Crippen LogP contribution in [0.15, 0.2) is 48.5 Å². The molecule has 0 spiro atoms. The van der Waals surface area contributed by atoms with E-state index >= 15 is 0 Å². The fraction of sp³-hybridized carbons (Fsp3) is 0.350. The normalized spacial score (nSPS) is 15.7. The summed E-state index contributed by atoms with van der Waals surface area (Å²) in [5.41, 5.74) is -0.447. The largest absolute Gasteiger partial charge is 0.418 e. The van der Waals surface area contributed by atoms with Crippen LogP contribution < -0.4 is 5.32 Å². The van der Waals surface area contributed by atoms with E-state index in [1.165, 1.54) is 24.3 Å². The second-order valence-corrected chi connectivity index (χ2v) is 7.03. The monoisotopic (exact) mass is 422 g/mol. The smallest absolute Gasteiger partial charge is 0.324 e. The van der Waals surface area contributed by atoms with Crippen molar-refractivity contribution in [2.24, 2.45) is 0 Å². The number of nitro groups is 1. The van der Waals surface area contributed by atoms with E-state index in [0.717, 1.165) is 6.07 Å². The van der Waals surface area contributed by atoms with Crippen LogP contribution in [0.2, 0.25) is 0 Å². The number of nitrogens with zero attached hydrogens (tertiary/aromatic N) is 3. The fourth-order valence-electron chi connectivity index (χ4n) is 3.40. The molecule has 160 valence electrons. The average molecular weight is 422 g/mol. The van der Waals surface area contributed by atoms with Gasteiger partial charge in [0.25, 0.3) is 5.69 Å². The Hall–Kier alpha value is -2.98. The zero-order valence-corrected chi connectivity index (χ0v) is 16.1. The first kappa shape index (κ1) is 21.7. The summed E-state index contributed by atoms with van der Waals surface area (Å²) in [5.74, 6) is -0.515. The number of halogens is 3. The Morgan fingerprint density at radius 2 is 1.60 bits per heavy atom. The number of nitrogens with one attached hydrogen (secondary N) is 1. The highest BCUT2D eigenvalue weighted by atomic mass is 19.4. The third-order valence-electron chi connectivity index (χ3n) is 4.92. The summed E-state index contributed by atoms with van der Waals surface area (Å²) in [5, 5.41) is 13.5. The molecule has 1 amide bonds. The maximum atomic E-state index is 13.0. The van der Waals surface area contributed by atoms with E-state index in [1.807, 2.05) is 4.90 Å². The first-order valence-electron chi connectivity index (χ1n) is 9.37. The Bertz CT molecular complexity index is 912. The number of hydrogen-bond donors (Lipinski definition) is 1. The van der Waals surface area contributed by atoms with Crippen molar-refractivity contribution < 1.29 is 22.9 Å². The molecule has 1 N–H and O–H groups in total. The maximum absolute atomic E-state index is 13.0. The van der Waals surface area contributed by atoms with E-state index in [1.54, 1.807) is 18.2 Å². The number of carbonyl (C=O) groups excluding carboxylic acids is 1. The minimum atomic E-state index is -4.55. The average Bonchev–Trinajstić information content (AvgIpc) is 2.69. The number of anilines is 1. The van der Waals surface area contributed by atoms with E-state index in [9.17, 15) is 28.1 Å². The van der Waals surface area contributed by atoms with E-state index in [0.29, 0.717) is 38.3 Å². The Morgan fingerprint density at radius 3 is 2.27 bits per heavy atom. The Kier molecular flexibility index (Phi) is 6.68. The van der Waals surface area contributed by atoms with Crippen molar-refractivity contribution in [3.05, 3.63) is 69.8 Å². The topological polar surface area (TPSA) is 78.7 Å². The van der Waals surface area contributed by atoms with Gasteiger partial charge >= 0.3 is 6.18 Å². The van der Waals surface area contributed by atoms with Gasteiger partial charge in [-0.2, -0.15) is 13.2 Å². The highest BCUT2D eigenvalue weighted by molar-refractivity contribution is 5.93. The number of alkyl halides is 3. The lowest BCUT2D eigenvalue weighted by molar-refractivity contribution is -0.385. The van der Waals surface area contributed by atoms with Gasteiger partial charge in [0.15, 0.2) is 0 Å². The molecule has 0 radical (unpaired) electrons. The van der Waals surface area contributed by atoms with Crippen molar-refractivity contribution in [2.75, 3.05) is 38.0 Å². The molecule has 1 heterocycles. The van der Waals surface area contributed by atoms with Crippen LogP contribution in [-0.4, -0.2) is 53.4 Å². The number of carbonyl (C=O) groups is 1. The van der Waals surface area contributed by atoms with Crippen LogP contribution in [0.1, 0.15) is 11.1 Å². The molecule has 0 aromatic heterocycles. The molecule has 0 bridgehead atoms. The highest BCUT2D eigenvalue weighted by Crippen LogP contribution is 2.34. The van der Waals surface area contributed by atoms with Crippen molar-refractivity contribution in [1.29, 1.82) is 0 Å². The SMILES string of the molecule is O=C(CN1CCN(Cc2ccccc2[N+](=O)[O-])CC1)Nc1ccccc1C(F)(F)F. The number of benzene rings is 2. The van der Waals surface area contributed by atoms with E-state index in [-0.39, 0.29) is 17.9 Å². The number of nitro benzene ring substituents is 1. The quantitative estimate of drug-likeness (QED) is 0.571. The van der Waals surface area contributed by atoms with Crippen molar-refractivity contribution in [3.8, 4) is 0 Å². The van der Waals surface area contributed by atoms with E-state index in [2.05, 4.69) is 10.2 Å². The summed E-state index contributed by atoms with van der Waals surface area (Å²) >= 11 is 0. The van der Waals surface area contributed by atoms with Gasteiger partial charge < -0.3 is 5.32 Å². The van der Waals surface area contributed by atoms with Gasteiger partial charge in [-0.15, -0.1) is 0 Å². The van der Waals surface area contributed by atoms with Crippen LogP contribution in [0.3, 0.4) is 0 Å². The zero-order chi connectivity index (χ0) is 21.7. The standard InChI is InChI=1S/C20H21F3N4O3/c21-20(22,23)16-6-2-3-7-17(16)24-19(28)14-26-11-9-25(10-12-26)13-15-5-1-4-8-18(15)27(29)30/h1-8H,9-14H2,(H,24,28). The van der Waals surface area contributed by atoms with Crippen molar-refractivity contribution in [2.45, 2.75) is 12.7 Å². The molecule has 1 fully saturated rings. The van der Waals surface area contributed by atoms with E-state index < -0.39 is 22.6 Å². The molecule has 0 atom stereocenters. The molecule has 1 saturated heterocycles. The lowest BCUT2D eigenvalue weighted by Gasteiger charge is -2.34. The van der Waals surface area contributed by atoms with Crippen molar-refractivity contribution in [1.82, 2.24) is 9.80 Å². The molecule has 0 unspecified atom stereocenters. The number of rotatable bonds is 6. The summed E-state index contributed by atoms with van der Waals surface area (Å²) in [4.78, 5) is 26.9. The molecule has 1 aliphatic heterocycles. The van der Waals surface area contributed by atoms with Gasteiger partial charge in [-0.25, -0.2) is 0 Å². The van der Waals surface area contributed by atoms with E-state index in [4.69, 9.17) is 0 Å². The first-order chi connectivity index (χ1) is 14.2. The van der Waals surface area contributed by atoms with Gasteiger partial charge in [-0.1, -0.05) is 30.3 Å². The molecule has 3 rings (SSSR count). The summed E-state index contributed by atoms with van der Waals surface area (Å²) in [6, 6.07) is 11.4. The molecule has 2 aromatic rings. The lowest BCUT2D eigenvalue weighted by atomic mass is 10.1. The van der Waals surface area contributed by atoms with Gasteiger partial charge in [0, 0.05) is 44.4 Å². The third kappa shape index (κ3) is 5.55. The van der Waals surface area contributed by atoms with Crippen LogP contribution in [-0.2, 0) is 17.5 Å². The molecule has 7 nitrogen and oxygen atoms in total. The summed E-state index contributed by atoms with van der Waals surface area (Å²) < 4.78 is 39.1. The maximum Gasteiger partial charge on any atom is 0.418 e. The predicted octanol–water partition coefficient (Wildman–Crippen LogP) is 3.37. The Balaban J connectivity index is 1.52.